The Bertz CT molecular complexity index is 490. The zero-order valence-electron chi connectivity index (χ0n) is 9.63. The van der Waals surface area contributed by atoms with Gasteiger partial charge in [-0.15, -0.1) is 6.58 Å². The molecule has 0 saturated carbocycles. The van der Waals surface area contributed by atoms with Gasteiger partial charge < -0.3 is 4.74 Å². The average molecular weight is 271 g/mol. The van der Waals surface area contributed by atoms with Crippen LogP contribution in [0.25, 0.3) is 0 Å². The average Bonchev–Trinajstić information content (AvgIpc) is 2.35. The number of amides is 1. The highest BCUT2D eigenvalue weighted by molar-refractivity contribution is 6.31. The van der Waals surface area contributed by atoms with Gasteiger partial charge in [0.15, 0.2) is 0 Å². The van der Waals surface area contributed by atoms with Crippen molar-refractivity contribution >= 4 is 29.1 Å². The van der Waals surface area contributed by atoms with Gasteiger partial charge in [-0.25, -0.2) is 4.79 Å². The largest absolute Gasteiger partial charge is 0.452 e. The molecule has 1 aromatic carbocycles. The van der Waals surface area contributed by atoms with E-state index in [0.717, 1.165) is 4.90 Å². The standard InChI is InChI=1S/C11H11ClN2O4/c1-3-6-13(11(15)18-2)9-5-4-8(12)7-10(9)14(16)17/h3-5,7H,1,6H2,2H3. The van der Waals surface area contributed by atoms with Crippen molar-refractivity contribution in [3.63, 3.8) is 0 Å². The van der Waals surface area contributed by atoms with E-state index in [1.54, 1.807) is 0 Å². The van der Waals surface area contributed by atoms with E-state index in [4.69, 9.17) is 11.6 Å². The Labute approximate surface area is 109 Å². The van der Waals surface area contributed by atoms with Crippen molar-refractivity contribution in [2.45, 2.75) is 0 Å². The molecule has 18 heavy (non-hydrogen) atoms. The maximum atomic E-state index is 11.6. The first-order chi connectivity index (χ1) is 8.51. The number of rotatable bonds is 4. The van der Waals surface area contributed by atoms with Crippen molar-refractivity contribution in [2.24, 2.45) is 0 Å². The zero-order valence-corrected chi connectivity index (χ0v) is 10.4. The number of nitrogens with zero attached hydrogens (tertiary/aromatic N) is 2. The second kappa shape index (κ2) is 6.02. The second-order valence-electron chi connectivity index (χ2n) is 3.26. The topological polar surface area (TPSA) is 72.7 Å². The fraction of sp³-hybridized carbons (Fsp3) is 0.182. The number of nitro groups is 1. The van der Waals surface area contributed by atoms with Gasteiger partial charge in [0.2, 0.25) is 0 Å². The predicted octanol–water partition coefficient (Wildman–Crippen LogP) is 3.01. The predicted molar refractivity (Wildman–Crippen MR) is 68.1 cm³/mol. The lowest BCUT2D eigenvalue weighted by atomic mass is 10.2. The number of hydrogen-bond acceptors (Lipinski definition) is 4. The Morgan fingerprint density at radius 1 is 1.67 bits per heavy atom. The molecule has 0 aromatic heterocycles. The van der Waals surface area contributed by atoms with Crippen molar-refractivity contribution in [1.82, 2.24) is 0 Å². The maximum absolute atomic E-state index is 11.6. The summed E-state index contributed by atoms with van der Waals surface area (Å²) in [7, 11) is 1.19. The van der Waals surface area contributed by atoms with Crippen LogP contribution in [0, 0.1) is 10.1 Å². The summed E-state index contributed by atoms with van der Waals surface area (Å²) in [5, 5.41) is 11.2. The number of hydrogen-bond donors (Lipinski definition) is 0. The third-order valence-electron chi connectivity index (χ3n) is 2.13. The second-order valence-corrected chi connectivity index (χ2v) is 3.70. The molecule has 0 spiro atoms. The molecule has 0 aliphatic carbocycles. The first-order valence-electron chi connectivity index (χ1n) is 4.91. The van der Waals surface area contributed by atoms with Crippen LogP contribution in [0.2, 0.25) is 5.02 Å². The quantitative estimate of drug-likeness (QED) is 0.479. The highest BCUT2D eigenvalue weighted by Gasteiger charge is 2.24. The lowest BCUT2D eigenvalue weighted by Crippen LogP contribution is -2.31. The summed E-state index contributed by atoms with van der Waals surface area (Å²) in [6, 6.07) is 4.03. The molecule has 0 aliphatic heterocycles. The molecule has 0 fully saturated rings. The monoisotopic (exact) mass is 270 g/mol. The third-order valence-corrected chi connectivity index (χ3v) is 2.37. The third kappa shape index (κ3) is 2.98. The number of halogens is 1. The van der Waals surface area contributed by atoms with Gasteiger partial charge in [0.05, 0.1) is 12.0 Å². The minimum atomic E-state index is -0.708. The molecule has 0 aliphatic rings. The summed E-state index contributed by atoms with van der Waals surface area (Å²) in [6.07, 6.45) is 0.732. The smallest absolute Gasteiger partial charge is 0.414 e. The summed E-state index contributed by atoms with van der Waals surface area (Å²) in [5.41, 5.74) is -0.161. The number of benzene rings is 1. The van der Waals surface area contributed by atoms with E-state index in [1.165, 1.54) is 31.4 Å². The Morgan fingerprint density at radius 3 is 2.83 bits per heavy atom. The molecule has 7 heteroatoms. The van der Waals surface area contributed by atoms with Gasteiger partial charge in [-0.2, -0.15) is 0 Å². The van der Waals surface area contributed by atoms with Crippen molar-refractivity contribution in [3.8, 4) is 0 Å². The Balaban J connectivity index is 3.30. The first kappa shape index (κ1) is 14.0. The number of ether oxygens (including phenoxy) is 1. The van der Waals surface area contributed by atoms with E-state index in [1.807, 2.05) is 0 Å². The maximum Gasteiger partial charge on any atom is 0.414 e. The van der Waals surface area contributed by atoms with Crippen molar-refractivity contribution in [3.05, 3.63) is 46.0 Å². The molecule has 1 amide bonds. The molecule has 1 rings (SSSR count). The van der Waals surface area contributed by atoms with E-state index >= 15 is 0 Å². The van der Waals surface area contributed by atoms with Gasteiger partial charge in [-0.1, -0.05) is 17.7 Å². The summed E-state index contributed by atoms with van der Waals surface area (Å²) in [4.78, 5) is 23.0. The zero-order chi connectivity index (χ0) is 13.7. The van der Waals surface area contributed by atoms with Crippen LogP contribution >= 0.6 is 11.6 Å². The van der Waals surface area contributed by atoms with E-state index in [2.05, 4.69) is 11.3 Å². The van der Waals surface area contributed by atoms with Crippen LogP contribution in [-0.4, -0.2) is 24.7 Å². The Morgan fingerprint density at radius 2 is 2.33 bits per heavy atom. The van der Waals surface area contributed by atoms with E-state index < -0.39 is 11.0 Å². The Kier molecular flexibility index (Phi) is 4.67. The number of methoxy groups -OCH3 is 1. The SMILES string of the molecule is C=CCN(C(=O)OC)c1ccc(Cl)cc1[N+](=O)[O-]. The highest BCUT2D eigenvalue weighted by Crippen LogP contribution is 2.31. The lowest BCUT2D eigenvalue weighted by Gasteiger charge is -2.19. The van der Waals surface area contributed by atoms with Gasteiger partial charge in [0, 0.05) is 17.6 Å². The fourth-order valence-electron chi connectivity index (χ4n) is 1.38. The normalized spacial score (nSPS) is 9.67. The molecule has 0 N–H and O–H groups in total. The van der Waals surface area contributed by atoms with Crippen LogP contribution < -0.4 is 4.90 Å². The van der Waals surface area contributed by atoms with Crippen LogP contribution in [0.15, 0.2) is 30.9 Å². The Hall–Kier alpha value is -2.08. The van der Waals surface area contributed by atoms with Gasteiger partial charge in [0.1, 0.15) is 5.69 Å². The summed E-state index contributed by atoms with van der Waals surface area (Å²) in [6.45, 7) is 3.58. The number of carbonyl (C=O) groups excluding carboxylic acids is 1. The van der Waals surface area contributed by atoms with Gasteiger partial charge in [-0.3, -0.25) is 15.0 Å². The van der Waals surface area contributed by atoms with Crippen LogP contribution in [0.1, 0.15) is 0 Å². The van der Waals surface area contributed by atoms with E-state index in [0.29, 0.717) is 0 Å². The minimum Gasteiger partial charge on any atom is -0.452 e. The molecular weight excluding hydrogens is 260 g/mol. The highest BCUT2D eigenvalue weighted by atomic mass is 35.5. The van der Waals surface area contributed by atoms with Gasteiger partial charge in [-0.05, 0) is 12.1 Å². The van der Waals surface area contributed by atoms with Crippen LogP contribution in [-0.2, 0) is 4.74 Å². The van der Waals surface area contributed by atoms with E-state index in [9.17, 15) is 14.9 Å². The number of nitro benzene ring substituents is 1. The molecule has 96 valence electrons. The summed E-state index contributed by atoms with van der Waals surface area (Å²) < 4.78 is 4.57. The van der Waals surface area contributed by atoms with Gasteiger partial charge in [0.25, 0.3) is 5.69 Å². The molecule has 1 aromatic rings. The van der Waals surface area contributed by atoms with Crippen molar-refractivity contribution < 1.29 is 14.5 Å². The lowest BCUT2D eigenvalue weighted by molar-refractivity contribution is -0.384. The molecule has 0 unspecified atom stereocenters. The fourth-order valence-corrected chi connectivity index (χ4v) is 1.55. The molecule has 0 bridgehead atoms. The summed E-state index contributed by atoms with van der Waals surface area (Å²) in [5.74, 6) is 0. The number of anilines is 1. The van der Waals surface area contributed by atoms with Crippen LogP contribution in [0.4, 0.5) is 16.2 Å². The van der Waals surface area contributed by atoms with E-state index in [-0.39, 0.29) is 22.9 Å². The van der Waals surface area contributed by atoms with Gasteiger partial charge >= 0.3 is 6.09 Å². The summed E-state index contributed by atoms with van der Waals surface area (Å²) >= 11 is 5.70. The number of carbonyl (C=O) groups is 1. The molecular formula is C11H11ClN2O4. The molecule has 0 saturated heterocycles. The van der Waals surface area contributed by atoms with Crippen LogP contribution in [0.5, 0.6) is 0 Å². The molecule has 0 radical (unpaired) electrons. The minimum absolute atomic E-state index is 0.0924. The van der Waals surface area contributed by atoms with Crippen molar-refractivity contribution in [2.75, 3.05) is 18.6 Å². The van der Waals surface area contributed by atoms with Crippen molar-refractivity contribution in [1.29, 1.82) is 0 Å². The van der Waals surface area contributed by atoms with Crippen LogP contribution in [0.3, 0.4) is 0 Å². The first-order valence-corrected chi connectivity index (χ1v) is 5.29. The molecule has 0 heterocycles. The molecule has 0 atom stereocenters. The molecule has 6 nitrogen and oxygen atoms in total.